The van der Waals surface area contributed by atoms with E-state index in [4.69, 9.17) is 28.5 Å². The van der Waals surface area contributed by atoms with Crippen LogP contribution >= 0.6 is 45.9 Å². The van der Waals surface area contributed by atoms with Gasteiger partial charge in [0.05, 0.1) is 42.0 Å². The zero-order valence-electron chi connectivity index (χ0n) is 18.0. The summed E-state index contributed by atoms with van der Waals surface area (Å²) in [7, 11) is 0. The number of nitrogens with zero attached hydrogens (tertiary/aromatic N) is 2. The first-order valence-corrected chi connectivity index (χ1v) is 11.9. The van der Waals surface area contributed by atoms with Gasteiger partial charge in [-0.15, -0.1) is 22.7 Å². The molecule has 0 aliphatic carbocycles. The standard InChI is InChI=1S/C22H17Cl2N3O3S2.K/c1-3-12(9-25)19(28)17-6-7-18(32-17)22(30)27-26-11(2)14-10-31-21(20(14)29)13-4-5-15(23)16(24)8-13;/h4-8,10,12,29H,3H2,1-2H3,(H,27,30);. The number of hydrazone groups is 1. The Balaban J connectivity index is 0.00000385. The Kier molecular flexibility index (Phi) is 10.7. The second kappa shape index (κ2) is 12.6. The van der Waals surface area contributed by atoms with E-state index in [9.17, 15) is 14.7 Å². The second-order valence-electron chi connectivity index (χ2n) is 6.71. The van der Waals surface area contributed by atoms with Crippen LogP contribution in [0, 0.1) is 17.2 Å². The first-order valence-electron chi connectivity index (χ1n) is 9.41. The van der Waals surface area contributed by atoms with Crippen LogP contribution in [0.1, 0.15) is 45.2 Å². The van der Waals surface area contributed by atoms with Gasteiger partial charge in [0.25, 0.3) is 5.91 Å². The van der Waals surface area contributed by atoms with Crippen LogP contribution in [0.3, 0.4) is 0 Å². The van der Waals surface area contributed by atoms with E-state index in [1.807, 2.05) is 6.07 Å². The molecule has 1 aromatic carbocycles. The van der Waals surface area contributed by atoms with Gasteiger partial charge < -0.3 is 5.11 Å². The van der Waals surface area contributed by atoms with E-state index < -0.39 is 11.8 Å². The summed E-state index contributed by atoms with van der Waals surface area (Å²) in [6.45, 7) is 3.42. The molecule has 0 saturated heterocycles. The van der Waals surface area contributed by atoms with Crippen LogP contribution in [0.25, 0.3) is 10.4 Å². The zero-order chi connectivity index (χ0) is 23.4. The Morgan fingerprint density at radius 3 is 2.55 bits per heavy atom. The Labute approximate surface area is 251 Å². The van der Waals surface area contributed by atoms with Gasteiger partial charge in [-0.1, -0.05) is 36.2 Å². The fourth-order valence-corrected chi connectivity index (χ4v) is 4.99. The van der Waals surface area contributed by atoms with E-state index in [1.165, 1.54) is 23.5 Å². The number of aromatic hydroxyl groups is 1. The van der Waals surface area contributed by atoms with E-state index >= 15 is 0 Å². The summed E-state index contributed by atoms with van der Waals surface area (Å²) in [5.41, 5.74) is 4.02. The van der Waals surface area contributed by atoms with Crippen molar-refractivity contribution in [1.82, 2.24) is 5.43 Å². The molecule has 1 radical (unpaired) electrons. The average molecular weight is 546 g/mol. The molecular formula is C22H17Cl2KN3O3S2. The van der Waals surface area contributed by atoms with Crippen molar-refractivity contribution in [2.75, 3.05) is 0 Å². The summed E-state index contributed by atoms with van der Waals surface area (Å²) in [5.74, 6) is -1.49. The van der Waals surface area contributed by atoms with Crippen molar-refractivity contribution in [1.29, 1.82) is 5.26 Å². The number of Topliss-reactive ketones (excluding diaryl/α,β-unsaturated/α-hetero) is 1. The third-order valence-electron chi connectivity index (χ3n) is 4.61. The average Bonchev–Trinajstić information content (AvgIpc) is 3.42. The van der Waals surface area contributed by atoms with E-state index in [0.29, 0.717) is 47.9 Å². The van der Waals surface area contributed by atoms with E-state index in [-0.39, 0.29) is 62.9 Å². The number of carbonyl (C=O) groups is 2. The van der Waals surface area contributed by atoms with Crippen molar-refractivity contribution in [2.24, 2.45) is 11.0 Å². The molecule has 33 heavy (non-hydrogen) atoms. The molecule has 6 nitrogen and oxygen atoms in total. The van der Waals surface area contributed by atoms with Gasteiger partial charge in [0, 0.05) is 56.8 Å². The number of halogens is 2. The van der Waals surface area contributed by atoms with Gasteiger partial charge in [-0.2, -0.15) is 10.4 Å². The van der Waals surface area contributed by atoms with Crippen LogP contribution in [0.4, 0.5) is 0 Å². The molecule has 0 saturated carbocycles. The molecule has 165 valence electrons. The maximum absolute atomic E-state index is 12.4. The first kappa shape index (κ1) is 28.2. The molecule has 0 spiro atoms. The molecule has 2 heterocycles. The maximum Gasteiger partial charge on any atom is 0.281 e. The smallest absolute Gasteiger partial charge is 0.281 e. The first-order chi connectivity index (χ1) is 15.3. The van der Waals surface area contributed by atoms with Crippen LogP contribution in [-0.4, -0.2) is 73.9 Å². The fourth-order valence-electron chi connectivity index (χ4n) is 2.80. The van der Waals surface area contributed by atoms with Crippen molar-refractivity contribution in [3.8, 4) is 22.3 Å². The minimum absolute atomic E-state index is 0. The number of hydrogen-bond donors (Lipinski definition) is 2. The number of hydrogen-bond acceptors (Lipinski definition) is 7. The second-order valence-corrected chi connectivity index (χ2v) is 9.49. The molecule has 11 heteroatoms. The Morgan fingerprint density at radius 1 is 1.21 bits per heavy atom. The summed E-state index contributed by atoms with van der Waals surface area (Å²) in [6.07, 6.45) is 0.409. The number of carbonyl (C=O) groups excluding carboxylic acids is 2. The molecule has 0 aliphatic heterocycles. The number of thiophene rings is 2. The molecular weight excluding hydrogens is 528 g/mol. The van der Waals surface area contributed by atoms with Crippen molar-refractivity contribution in [2.45, 2.75) is 20.3 Å². The summed E-state index contributed by atoms with van der Waals surface area (Å²) in [4.78, 5) is 26.0. The summed E-state index contributed by atoms with van der Waals surface area (Å²) >= 11 is 14.3. The van der Waals surface area contributed by atoms with Crippen molar-refractivity contribution in [3.05, 3.63) is 61.1 Å². The normalized spacial score (nSPS) is 11.9. The molecule has 3 aromatic rings. The van der Waals surface area contributed by atoms with Gasteiger partial charge in [-0.05, 0) is 43.2 Å². The predicted octanol–water partition coefficient (Wildman–Crippen LogP) is 5.99. The maximum atomic E-state index is 12.4. The number of ketones is 1. The van der Waals surface area contributed by atoms with Gasteiger partial charge in [0.2, 0.25) is 0 Å². The van der Waals surface area contributed by atoms with Gasteiger partial charge in [0.1, 0.15) is 11.7 Å². The summed E-state index contributed by atoms with van der Waals surface area (Å²) < 4.78 is 0. The van der Waals surface area contributed by atoms with Gasteiger partial charge in [-0.25, -0.2) is 5.43 Å². The Morgan fingerprint density at radius 2 is 1.91 bits per heavy atom. The third kappa shape index (κ3) is 6.54. The fraction of sp³-hybridized carbons (Fsp3) is 0.182. The molecule has 0 aliphatic rings. The molecule has 2 aromatic heterocycles. The quantitative estimate of drug-likeness (QED) is 0.165. The van der Waals surface area contributed by atoms with E-state index in [1.54, 1.807) is 37.4 Å². The molecule has 0 bridgehead atoms. The van der Waals surface area contributed by atoms with Crippen molar-refractivity contribution >= 4 is 115 Å². The van der Waals surface area contributed by atoms with Crippen LogP contribution in [-0.2, 0) is 0 Å². The minimum atomic E-state index is -0.726. The van der Waals surface area contributed by atoms with Gasteiger partial charge in [-0.3, -0.25) is 9.59 Å². The van der Waals surface area contributed by atoms with Crippen LogP contribution in [0.5, 0.6) is 5.75 Å². The van der Waals surface area contributed by atoms with Crippen LogP contribution in [0.2, 0.25) is 10.0 Å². The predicted molar refractivity (Wildman–Crippen MR) is 135 cm³/mol. The number of rotatable bonds is 7. The number of nitrogens with one attached hydrogen (secondary N) is 1. The number of benzene rings is 1. The third-order valence-corrected chi connectivity index (χ3v) is 7.47. The van der Waals surface area contributed by atoms with Crippen LogP contribution in [0.15, 0.2) is 40.8 Å². The largest absolute Gasteiger partial charge is 0.506 e. The van der Waals surface area contributed by atoms with E-state index in [0.717, 1.165) is 11.3 Å². The molecule has 0 fully saturated rings. The Bertz CT molecular complexity index is 1260. The topological polar surface area (TPSA) is 103 Å². The molecule has 1 atom stereocenters. The molecule has 1 amide bonds. The minimum Gasteiger partial charge on any atom is -0.506 e. The van der Waals surface area contributed by atoms with Gasteiger partial charge in [0.15, 0.2) is 5.78 Å². The summed E-state index contributed by atoms with van der Waals surface area (Å²) in [6, 6.07) is 10.1. The van der Waals surface area contributed by atoms with E-state index in [2.05, 4.69) is 10.5 Å². The summed E-state index contributed by atoms with van der Waals surface area (Å²) in [5, 5.41) is 26.3. The molecule has 1 unspecified atom stereocenters. The van der Waals surface area contributed by atoms with Crippen LogP contribution < -0.4 is 5.43 Å². The zero-order valence-corrected chi connectivity index (χ0v) is 24.2. The van der Waals surface area contributed by atoms with Crippen molar-refractivity contribution in [3.63, 3.8) is 0 Å². The number of amides is 1. The monoisotopic (exact) mass is 544 g/mol. The Hall–Kier alpha value is -1.06. The number of nitriles is 1. The molecule has 3 rings (SSSR count). The van der Waals surface area contributed by atoms with Gasteiger partial charge >= 0.3 is 0 Å². The molecule has 2 N–H and O–H groups in total. The van der Waals surface area contributed by atoms with Crippen molar-refractivity contribution < 1.29 is 14.7 Å². The SMILES string of the molecule is CCC(C#N)C(=O)c1ccc(C(=O)NN=C(C)c2csc(-c3ccc(Cl)c(Cl)c3)c2O)s1.[K].